The maximum atomic E-state index is 12.5. The zero-order chi connectivity index (χ0) is 23.6. The summed E-state index contributed by atoms with van der Waals surface area (Å²) in [6, 6.07) is 16.6. The van der Waals surface area contributed by atoms with Crippen LogP contribution >= 0.6 is 11.3 Å². The van der Waals surface area contributed by atoms with E-state index in [9.17, 15) is 4.79 Å². The number of fused-ring (bicyclic) bond motifs is 1. The summed E-state index contributed by atoms with van der Waals surface area (Å²) in [5, 5.41) is 7.36. The third-order valence-corrected chi connectivity index (χ3v) is 6.70. The fourth-order valence-electron chi connectivity index (χ4n) is 3.82. The Morgan fingerprint density at radius 1 is 0.970 bits per heavy atom. The number of nitrogens with zero attached hydrogens (tertiary/aromatic N) is 2. The van der Waals surface area contributed by atoms with Crippen LogP contribution in [0.15, 0.2) is 54.9 Å². The van der Waals surface area contributed by atoms with Gasteiger partial charge in [0, 0.05) is 29.1 Å². The number of hydrogen-bond donors (Lipinski definition) is 2. The standard InChI is InChI=1S/C27H30N4OS/c1-17-6-8-19(9-7-17)23-18(2)33-26-24(23)25(29-16-30-26)28-15-14-22(32)31-21-12-10-20(11-13-21)27(3,4)5/h6-13,16H,14-15H2,1-5H3,(H,31,32)(H,28,29,30). The second kappa shape index (κ2) is 9.32. The third kappa shape index (κ3) is 5.22. The topological polar surface area (TPSA) is 66.9 Å². The van der Waals surface area contributed by atoms with E-state index >= 15 is 0 Å². The first kappa shape index (κ1) is 22.9. The van der Waals surface area contributed by atoms with E-state index in [-0.39, 0.29) is 11.3 Å². The van der Waals surface area contributed by atoms with Crippen molar-refractivity contribution in [3.63, 3.8) is 0 Å². The average Bonchev–Trinajstić information content (AvgIpc) is 3.11. The van der Waals surface area contributed by atoms with Crippen LogP contribution in [0, 0.1) is 13.8 Å². The summed E-state index contributed by atoms with van der Waals surface area (Å²) in [4.78, 5) is 23.6. The maximum absolute atomic E-state index is 12.5. The minimum atomic E-state index is -0.0310. The van der Waals surface area contributed by atoms with Gasteiger partial charge in [0.1, 0.15) is 17.0 Å². The highest BCUT2D eigenvalue weighted by molar-refractivity contribution is 7.19. The third-order valence-electron chi connectivity index (χ3n) is 5.68. The van der Waals surface area contributed by atoms with E-state index in [1.54, 1.807) is 17.7 Å². The van der Waals surface area contributed by atoms with Crippen molar-refractivity contribution in [1.82, 2.24) is 9.97 Å². The van der Waals surface area contributed by atoms with Crippen LogP contribution < -0.4 is 10.6 Å². The van der Waals surface area contributed by atoms with Crippen molar-refractivity contribution < 1.29 is 4.79 Å². The molecule has 4 rings (SSSR count). The average molecular weight is 459 g/mol. The molecule has 0 aliphatic rings. The highest BCUT2D eigenvalue weighted by atomic mass is 32.1. The number of benzene rings is 2. The van der Waals surface area contributed by atoms with Crippen molar-refractivity contribution in [2.45, 2.75) is 46.5 Å². The van der Waals surface area contributed by atoms with E-state index in [2.05, 4.69) is 91.6 Å². The largest absolute Gasteiger partial charge is 0.369 e. The van der Waals surface area contributed by atoms with Crippen LogP contribution in [-0.2, 0) is 10.2 Å². The quantitative estimate of drug-likeness (QED) is 0.337. The monoisotopic (exact) mass is 458 g/mol. The van der Waals surface area contributed by atoms with Gasteiger partial charge in [-0.3, -0.25) is 4.79 Å². The van der Waals surface area contributed by atoms with E-state index in [0.29, 0.717) is 13.0 Å². The van der Waals surface area contributed by atoms with Crippen LogP contribution in [0.4, 0.5) is 11.5 Å². The fourth-order valence-corrected chi connectivity index (χ4v) is 4.83. The molecule has 0 aliphatic heterocycles. The molecule has 4 aromatic rings. The molecule has 5 nitrogen and oxygen atoms in total. The van der Waals surface area contributed by atoms with Crippen molar-refractivity contribution in [2.24, 2.45) is 0 Å². The summed E-state index contributed by atoms with van der Waals surface area (Å²) in [5.41, 5.74) is 5.68. The van der Waals surface area contributed by atoms with Gasteiger partial charge in [0.15, 0.2) is 0 Å². The first-order chi connectivity index (χ1) is 15.7. The molecule has 33 heavy (non-hydrogen) atoms. The minimum absolute atomic E-state index is 0.0310. The van der Waals surface area contributed by atoms with Gasteiger partial charge in [0.05, 0.1) is 5.39 Å². The number of anilines is 2. The van der Waals surface area contributed by atoms with Crippen molar-refractivity contribution in [3.05, 3.63) is 70.9 Å². The molecule has 0 saturated heterocycles. The van der Waals surface area contributed by atoms with Gasteiger partial charge in [-0.25, -0.2) is 9.97 Å². The molecule has 2 N–H and O–H groups in total. The number of amides is 1. The number of hydrogen-bond acceptors (Lipinski definition) is 5. The van der Waals surface area contributed by atoms with E-state index in [1.807, 2.05) is 12.1 Å². The second-order valence-electron chi connectivity index (χ2n) is 9.35. The van der Waals surface area contributed by atoms with Crippen molar-refractivity contribution >= 4 is 39.0 Å². The van der Waals surface area contributed by atoms with Gasteiger partial charge in [0.25, 0.3) is 0 Å². The van der Waals surface area contributed by atoms with Gasteiger partial charge < -0.3 is 10.6 Å². The Morgan fingerprint density at radius 3 is 2.33 bits per heavy atom. The van der Waals surface area contributed by atoms with Gasteiger partial charge in [-0.2, -0.15) is 0 Å². The minimum Gasteiger partial charge on any atom is -0.369 e. The normalized spacial score (nSPS) is 11.5. The molecule has 0 radical (unpaired) electrons. The molecule has 0 saturated carbocycles. The lowest BCUT2D eigenvalue weighted by Crippen LogP contribution is -2.17. The van der Waals surface area contributed by atoms with Crippen LogP contribution in [0.5, 0.6) is 0 Å². The molecule has 170 valence electrons. The lowest BCUT2D eigenvalue weighted by atomic mass is 9.87. The van der Waals surface area contributed by atoms with Crippen LogP contribution in [0.25, 0.3) is 21.3 Å². The predicted octanol–water partition coefficient (Wildman–Crippen LogP) is 6.71. The Balaban J connectivity index is 1.45. The highest BCUT2D eigenvalue weighted by Gasteiger charge is 2.17. The number of carbonyl (C=O) groups is 1. The Bertz CT molecular complexity index is 1270. The van der Waals surface area contributed by atoms with Crippen molar-refractivity contribution in [1.29, 1.82) is 0 Å². The Morgan fingerprint density at radius 2 is 1.67 bits per heavy atom. The zero-order valence-corrected chi connectivity index (χ0v) is 20.6. The molecule has 0 aliphatic carbocycles. The summed E-state index contributed by atoms with van der Waals surface area (Å²) in [6.45, 7) is 11.2. The Hall–Kier alpha value is -3.25. The first-order valence-electron chi connectivity index (χ1n) is 11.2. The SMILES string of the molecule is Cc1ccc(-c2c(C)sc3ncnc(NCCC(=O)Nc4ccc(C(C)(C)C)cc4)c23)cc1. The van der Waals surface area contributed by atoms with Gasteiger partial charge in [-0.15, -0.1) is 11.3 Å². The summed E-state index contributed by atoms with van der Waals surface area (Å²) in [6.07, 6.45) is 1.92. The van der Waals surface area contributed by atoms with Crippen molar-refractivity contribution in [2.75, 3.05) is 17.2 Å². The van der Waals surface area contributed by atoms with Crippen LogP contribution in [-0.4, -0.2) is 22.4 Å². The number of aryl methyl sites for hydroxylation is 2. The maximum Gasteiger partial charge on any atom is 0.226 e. The number of rotatable bonds is 6. The molecule has 6 heteroatoms. The molecular formula is C27H30N4OS. The van der Waals surface area contributed by atoms with E-state index in [4.69, 9.17) is 0 Å². The second-order valence-corrected chi connectivity index (χ2v) is 10.6. The van der Waals surface area contributed by atoms with E-state index in [1.165, 1.54) is 16.0 Å². The van der Waals surface area contributed by atoms with Gasteiger partial charge in [0.2, 0.25) is 5.91 Å². The molecule has 0 spiro atoms. The van der Waals surface area contributed by atoms with Gasteiger partial charge >= 0.3 is 0 Å². The summed E-state index contributed by atoms with van der Waals surface area (Å²) < 4.78 is 0. The van der Waals surface area contributed by atoms with Gasteiger partial charge in [-0.05, 0) is 42.5 Å². The predicted molar refractivity (Wildman–Crippen MR) is 139 cm³/mol. The molecule has 0 atom stereocenters. The van der Waals surface area contributed by atoms with Crippen LogP contribution in [0.1, 0.15) is 43.2 Å². The first-order valence-corrected chi connectivity index (χ1v) is 12.0. The molecule has 0 unspecified atom stereocenters. The summed E-state index contributed by atoms with van der Waals surface area (Å²) in [5.74, 6) is 0.735. The molecule has 2 heterocycles. The fraction of sp³-hybridized carbons (Fsp3) is 0.296. The lowest BCUT2D eigenvalue weighted by Gasteiger charge is -2.19. The lowest BCUT2D eigenvalue weighted by molar-refractivity contribution is -0.115. The number of carbonyl (C=O) groups excluding carboxylic acids is 1. The zero-order valence-electron chi connectivity index (χ0n) is 19.8. The molecule has 1 amide bonds. The highest BCUT2D eigenvalue weighted by Crippen LogP contribution is 2.40. The van der Waals surface area contributed by atoms with Crippen molar-refractivity contribution in [3.8, 4) is 11.1 Å². The van der Waals surface area contributed by atoms with Gasteiger partial charge in [-0.1, -0.05) is 62.7 Å². The molecule has 2 aromatic heterocycles. The van der Waals surface area contributed by atoms with Crippen LogP contribution in [0.3, 0.4) is 0 Å². The number of thiophene rings is 1. The molecule has 0 bridgehead atoms. The summed E-state index contributed by atoms with van der Waals surface area (Å²) >= 11 is 1.67. The summed E-state index contributed by atoms with van der Waals surface area (Å²) in [7, 11) is 0. The van der Waals surface area contributed by atoms with E-state index < -0.39 is 0 Å². The Kier molecular flexibility index (Phi) is 6.47. The molecular weight excluding hydrogens is 428 g/mol. The Labute approximate surface area is 199 Å². The smallest absolute Gasteiger partial charge is 0.226 e. The number of nitrogens with one attached hydrogen (secondary N) is 2. The van der Waals surface area contributed by atoms with Crippen LogP contribution in [0.2, 0.25) is 0 Å². The van der Waals surface area contributed by atoms with E-state index in [0.717, 1.165) is 32.8 Å². The molecule has 0 fully saturated rings. The number of aromatic nitrogens is 2. The molecule has 2 aromatic carbocycles.